The molecule has 142 valence electrons. The summed E-state index contributed by atoms with van der Waals surface area (Å²) in [7, 11) is 0. The number of benzene rings is 1. The molecule has 1 aromatic heterocycles. The van der Waals surface area contributed by atoms with Crippen LogP contribution in [-0.4, -0.2) is 59.9 Å². The second-order valence-corrected chi connectivity index (χ2v) is 8.15. The fraction of sp³-hybridized carbons (Fsp3) is 0.474. The summed E-state index contributed by atoms with van der Waals surface area (Å²) >= 11 is 1.69. The number of nitriles is 1. The van der Waals surface area contributed by atoms with Crippen molar-refractivity contribution in [1.29, 1.82) is 5.26 Å². The number of hydrogen-bond acceptors (Lipinski definition) is 5. The van der Waals surface area contributed by atoms with Gasteiger partial charge in [-0.2, -0.15) is 5.26 Å². The van der Waals surface area contributed by atoms with E-state index in [-0.39, 0.29) is 18.5 Å². The van der Waals surface area contributed by atoms with Crippen LogP contribution in [0.25, 0.3) is 10.1 Å². The number of rotatable bonds is 4. The zero-order valence-corrected chi connectivity index (χ0v) is 15.5. The van der Waals surface area contributed by atoms with Crippen molar-refractivity contribution in [3.63, 3.8) is 0 Å². The smallest absolute Gasteiger partial charge is 0.268 e. The first-order valence-corrected chi connectivity index (χ1v) is 9.85. The highest BCUT2D eigenvalue weighted by molar-refractivity contribution is 7.17. The standard InChI is InChI=1S/C19H20F2N4OS/c20-19(21)8-15(9-22)25(12-19)17(26)11-24-6-4-14(10-24)23-16-3-1-2-13-5-7-27-18(13)16/h1-3,5,7,14-15,23H,4,6,8,10-12H2. The monoisotopic (exact) mass is 390 g/mol. The molecule has 0 radical (unpaired) electrons. The Labute approximate surface area is 160 Å². The van der Waals surface area contributed by atoms with Gasteiger partial charge in [-0.15, -0.1) is 11.3 Å². The van der Waals surface area contributed by atoms with Gasteiger partial charge in [-0.1, -0.05) is 12.1 Å². The van der Waals surface area contributed by atoms with Crippen LogP contribution in [0.15, 0.2) is 29.6 Å². The van der Waals surface area contributed by atoms with Crippen LogP contribution in [0.1, 0.15) is 12.8 Å². The fourth-order valence-corrected chi connectivity index (χ4v) is 4.77. The number of carbonyl (C=O) groups excluding carboxylic acids is 1. The minimum Gasteiger partial charge on any atom is -0.380 e. The number of fused-ring (bicyclic) bond motifs is 1. The second-order valence-electron chi connectivity index (χ2n) is 7.24. The number of alkyl halides is 2. The van der Waals surface area contributed by atoms with E-state index in [2.05, 4.69) is 28.9 Å². The lowest BCUT2D eigenvalue weighted by molar-refractivity contribution is -0.133. The van der Waals surface area contributed by atoms with E-state index in [1.807, 2.05) is 17.0 Å². The Kier molecular flexibility index (Phi) is 4.74. The molecule has 27 heavy (non-hydrogen) atoms. The molecule has 1 amide bonds. The maximum Gasteiger partial charge on any atom is 0.268 e. The summed E-state index contributed by atoms with van der Waals surface area (Å²) in [5.74, 6) is -3.36. The normalized spacial score (nSPS) is 25.0. The van der Waals surface area contributed by atoms with Gasteiger partial charge in [0.15, 0.2) is 0 Å². The average Bonchev–Trinajstić information content (AvgIpc) is 3.33. The van der Waals surface area contributed by atoms with Gasteiger partial charge in [0.1, 0.15) is 6.04 Å². The first kappa shape index (κ1) is 18.1. The minimum absolute atomic E-state index is 0.0790. The highest BCUT2D eigenvalue weighted by Crippen LogP contribution is 2.32. The van der Waals surface area contributed by atoms with Crippen LogP contribution in [-0.2, 0) is 4.79 Å². The minimum atomic E-state index is -2.97. The van der Waals surface area contributed by atoms with Crippen molar-refractivity contribution < 1.29 is 13.6 Å². The predicted molar refractivity (Wildman–Crippen MR) is 101 cm³/mol. The molecule has 0 saturated carbocycles. The number of likely N-dealkylation sites (tertiary alicyclic amines) is 2. The quantitative estimate of drug-likeness (QED) is 0.871. The van der Waals surface area contributed by atoms with Crippen LogP contribution in [0, 0.1) is 11.3 Å². The van der Waals surface area contributed by atoms with Crippen LogP contribution in [0.2, 0.25) is 0 Å². The van der Waals surface area contributed by atoms with Gasteiger partial charge in [0.25, 0.3) is 5.92 Å². The third-order valence-corrected chi connectivity index (χ3v) is 6.17. The molecule has 0 bridgehead atoms. The third kappa shape index (κ3) is 3.75. The summed E-state index contributed by atoms with van der Waals surface area (Å²) in [6.45, 7) is 0.829. The summed E-state index contributed by atoms with van der Waals surface area (Å²) in [6, 6.07) is 9.24. The van der Waals surface area contributed by atoms with E-state index in [9.17, 15) is 13.6 Å². The molecule has 2 saturated heterocycles. The molecule has 0 aliphatic carbocycles. The van der Waals surface area contributed by atoms with Gasteiger partial charge >= 0.3 is 0 Å². The molecule has 3 heterocycles. The Hall–Kier alpha value is -2.24. The van der Waals surface area contributed by atoms with Gasteiger partial charge in [0, 0.05) is 25.6 Å². The van der Waals surface area contributed by atoms with Gasteiger partial charge in [-0.05, 0) is 29.3 Å². The maximum atomic E-state index is 13.5. The molecule has 2 unspecified atom stereocenters. The summed E-state index contributed by atoms with van der Waals surface area (Å²) in [5.41, 5.74) is 1.09. The molecule has 2 aliphatic rings. The fourth-order valence-electron chi connectivity index (χ4n) is 3.90. The van der Waals surface area contributed by atoms with E-state index in [1.54, 1.807) is 11.3 Å². The van der Waals surface area contributed by atoms with E-state index in [1.165, 1.54) is 10.1 Å². The molecule has 2 atom stereocenters. The van der Waals surface area contributed by atoms with E-state index >= 15 is 0 Å². The molecule has 5 nitrogen and oxygen atoms in total. The lowest BCUT2D eigenvalue weighted by Crippen LogP contribution is -2.43. The van der Waals surface area contributed by atoms with E-state index in [4.69, 9.17) is 5.26 Å². The van der Waals surface area contributed by atoms with Crippen LogP contribution in [0.4, 0.5) is 14.5 Å². The molecule has 0 spiro atoms. The van der Waals surface area contributed by atoms with E-state index in [0.717, 1.165) is 23.6 Å². The van der Waals surface area contributed by atoms with Crippen LogP contribution < -0.4 is 5.32 Å². The molecular weight excluding hydrogens is 370 g/mol. The zero-order valence-electron chi connectivity index (χ0n) is 14.7. The van der Waals surface area contributed by atoms with E-state index < -0.39 is 24.9 Å². The second kappa shape index (κ2) is 7.06. The van der Waals surface area contributed by atoms with Crippen molar-refractivity contribution >= 4 is 33.0 Å². The molecule has 4 rings (SSSR count). The molecule has 1 aromatic carbocycles. The Morgan fingerprint density at radius 1 is 1.41 bits per heavy atom. The molecule has 1 N–H and O–H groups in total. The van der Waals surface area contributed by atoms with Crippen LogP contribution >= 0.6 is 11.3 Å². The lowest BCUT2D eigenvalue weighted by atomic mass is 10.2. The van der Waals surface area contributed by atoms with Crippen LogP contribution in [0.3, 0.4) is 0 Å². The number of amides is 1. The highest BCUT2D eigenvalue weighted by atomic mass is 32.1. The zero-order chi connectivity index (χ0) is 19.0. The number of halogens is 2. The largest absolute Gasteiger partial charge is 0.380 e. The Morgan fingerprint density at radius 2 is 2.26 bits per heavy atom. The first-order chi connectivity index (χ1) is 12.9. The number of nitrogens with one attached hydrogen (secondary N) is 1. The van der Waals surface area contributed by atoms with Crippen LogP contribution in [0.5, 0.6) is 0 Å². The average molecular weight is 390 g/mol. The molecule has 2 aliphatic heterocycles. The number of hydrogen-bond donors (Lipinski definition) is 1. The van der Waals surface area contributed by atoms with Gasteiger partial charge in [0.2, 0.25) is 5.91 Å². The van der Waals surface area contributed by atoms with Gasteiger partial charge in [-0.3, -0.25) is 9.69 Å². The van der Waals surface area contributed by atoms with Crippen molar-refractivity contribution in [2.75, 3.05) is 31.5 Å². The summed E-state index contributed by atoms with van der Waals surface area (Å²) in [6.07, 6.45) is 0.317. The first-order valence-electron chi connectivity index (χ1n) is 8.97. The Morgan fingerprint density at radius 3 is 3.07 bits per heavy atom. The van der Waals surface area contributed by atoms with Crippen molar-refractivity contribution in [2.45, 2.75) is 30.8 Å². The number of carbonyl (C=O) groups is 1. The Bertz CT molecular complexity index is 893. The van der Waals surface area contributed by atoms with Crippen molar-refractivity contribution in [1.82, 2.24) is 9.80 Å². The summed E-state index contributed by atoms with van der Waals surface area (Å²) in [5, 5.41) is 15.9. The number of anilines is 1. The predicted octanol–water partition coefficient (Wildman–Crippen LogP) is 3.15. The third-order valence-electron chi connectivity index (χ3n) is 5.21. The van der Waals surface area contributed by atoms with Crippen molar-refractivity contribution in [3.05, 3.63) is 29.6 Å². The molecular formula is C19H20F2N4OS. The van der Waals surface area contributed by atoms with E-state index in [0.29, 0.717) is 6.54 Å². The summed E-state index contributed by atoms with van der Waals surface area (Å²) < 4.78 is 28.3. The number of thiophene rings is 1. The molecule has 2 aromatic rings. The number of nitrogens with zero attached hydrogens (tertiary/aromatic N) is 3. The SMILES string of the molecule is N#CC1CC(F)(F)CN1C(=O)CN1CCC(Nc2cccc3ccsc23)C1. The summed E-state index contributed by atoms with van der Waals surface area (Å²) in [4.78, 5) is 15.5. The molecule has 8 heteroatoms. The van der Waals surface area contributed by atoms with Crippen molar-refractivity contribution in [3.8, 4) is 6.07 Å². The maximum absolute atomic E-state index is 13.5. The lowest BCUT2D eigenvalue weighted by Gasteiger charge is -2.23. The molecule has 2 fully saturated rings. The van der Waals surface area contributed by atoms with Gasteiger partial charge in [-0.25, -0.2) is 8.78 Å². The van der Waals surface area contributed by atoms with Gasteiger partial charge in [0.05, 0.1) is 29.5 Å². The van der Waals surface area contributed by atoms with Crippen molar-refractivity contribution in [2.24, 2.45) is 0 Å². The Balaban J connectivity index is 1.35. The topological polar surface area (TPSA) is 59.4 Å². The van der Waals surface area contributed by atoms with Gasteiger partial charge < -0.3 is 10.2 Å². The highest BCUT2D eigenvalue weighted by Gasteiger charge is 2.47.